The molecule has 0 N–H and O–H groups in total. The van der Waals surface area contributed by atoms with Gasteiger partial charge in [0.1, 0.15) is 13.7 Å². The van der Waals surface area contributed by atoms with Crippen molar-refractivity contribution in [1.82, 2.24) is 0 Å². The number of para-hydroxylation sites is 4. The lowest BCUT2D eigenvalue weighted by Crippen LogP contribution is -2.56. The lowest BCUT2D eigenvalue weighted by atomic mass is 9.89. The molecule has 70 heavy (non-hydrogen) atoms. The van der Waals surface area contributed by atoms with Gasteiger partial charge in [-0.25, -0.2) is 0 Å². The zero-order valence-electron chi connectivity index (χ0n) is 38.9. The highest BCUT2D eigenvalue weighted by Gasteiger charge is 2.37. The molecule has 0 bridgehead atoms. The summed E-state index contributed by atoms with van der Waals surface area (Å²) in [5.41, 5.74) is 13.3. The average Bonchev–Trinajstić information content (AvgIpc) is 3.81. The van der Waals surface area contributed by atoms with Gasteiger partial charge in [0.25, 0.3) is 0 Å². The van der Waals surface area contributed by atoms with Crippen molar-refractivity contribution in [2.45, 2.75) is 13.1 Å². The van der Waals surface area contributed by atoms with Crippen molar-refractivity contribution in [1.29, 1.82) is 0 Å². The van der Waals surface area contributed by atoms with E-state index in [0.717, 1.165) is 61.6 Å². The second kappa shape index (κ2) is 15.7. The highest BCUT2D eigenvalue weighted by molar-refractivity contribution is 7.03. The molecule has 1 aliphatic heterocycles. The zero-order chi connectivity index (χ0) is 46.5. The Morgan fingerprint density at radius 2 is 0.957 bits per heavy atom. The van der Waals surface area contributed by atoms with Gasteiger partial charge in [-0.05, 0) is 131 Å². The van der Waals surface area contributed by atoms with Gasteiger partial charge < -0.3 is 14.2 Å². The molecule has 2 heterocycles. The first-order valence-corrected chi connectivity index (χ1v) is 27.2. The molecule has 0 aliphatic carbocycles. The Balaban J connectivity index is 1.01. The van der Waals surface area contributed by atoms with E-state index in [0.29, 0.717) is 0 Å². The summed E-state index contributed by atoms with van der Waals surface area (Å²) < 4.78 is 6.82. The van der Waals surface area contributed by atoms with Crippen LogP contribution in [0.4, 0.5) is 34.1 Å². The van der Waals surface area contributed by atoms with Crippen LogP contribution >= 0.6 is 0 Å². The lowest BCUT2D eigenvalue weighted by Gasteiger charge is -2.36. The van der Waals surface area contributed by atoms with E-state index >= 15 is 0 Å². The molecular weight excluding hydrogens is 865 g/mol. The Labute approximate surface area is 407 Å². The Morgan fingerprint density at radius 3 is 1.81 bits per heavy atom. The summed E-state index contributed by atoms with van der Waals surface area (Å²) in [6, 6.07) is 89.2. The topological polar surface area (TPSA) is 19.6 Å². The summed E-state index contributed by atoms with van der Waals surface area (Å²) in [6.45, 7) is 5.09. The first kappa shape index (κ1) is 40.4. The molecule has 4 heteroatoms. The summed E-state index contributed by atoms with van der Waals surface area (Å²) in [6.07, 6.45) is 0. The summed E-state index contributed by atoms with van der Waals surface area (Å²) in [4.78, 5) is 4.89. The molecule has 0 saturated carbocycles. The molecule has 3 nitrogen and oxygen atoms in total. The van der Waals surface area contributed by atoms with Crippen molar-refractivity contribution >= 4 is 118 Å². The SMILES string of the molecule is C[Si]1(C)c2cc(N(c3ccccc3-c3ccccc3)c3cccc4c3oc3ccccc34)ccc2-c2cc3c4ccccc4c(N(c4ccccc4)c4ccc5ccccc5c4)cc3c3cccc1c23. The van der Waals surface area contributed by atoms with Gasteiger partial charge in [-0.2, -0.15) is 0 Å². The third kappa shape index (κ3) is 6.13. The van der Waals surface area contributed by atoms with Gasteiger partial charge in [-0.3, -0.25) is 0 Å². The number of hydrogen-bond acceptors (Lipinski definition) is 3. The van der Waals surface area contributed by atoms with E-state index in [1.165, 1.54) is 70.2 Å². The predicted octanol–water partition coefficient (Wildman–Crippen LogP) is 17.6. The smallest absolute Gasteiger partial charge is 0.159 e. The quantitative estimate of drug-likeness (QED) is 0.117. The van der Waals surface area contributed by atoms with Crippen molar-refractivity contribution in [2.24, 2.45) is 0 Å². The fourth-order valence-corrected chi connectivity index (χ4v) is 14.8. The van der Waals surface area contributed by atoms with E-state index in [9.17, 15) is 0 Å². The second-order valence-electron chi connectivity index (χ2n) is 19.2. The van der Waals surface area contributed by atoms with Crippen molar-refractivity contribution in [3.05, 3.63) is 243 Å². The minimum atomic E-state index is -2.37. The standard InChI is InChI=1S/C66H46N2OSi/c1-70(2)63-34-18-29-54-57-42-61(67(46-23-7-4-8-24-46)47-36-35-43-19-9-10-22-45(43)39-47)51-27-12-11-26-50(51)56(57)41-58(65(54)63)53-38-37-48(40-64(53)70)68(59-31-15-13-25-49(59)44-20-5-3-6-21-44)60-32-17-30-55-52-28-14-16-33-62(52)69-66(55)60/h3-42H,1-2H3. The number of hydrogen-bond donors (Lipinski definition) is 0. The molecule has 13 aromatic rings. The van der Waals surface area contributed by atoms with Crippen molar-refractivity contribution in [3.8, 4) is 22.3 Å². The van der Waals surface area contributed by atoms with E-state index < -0.39 is 8.07 Å². The van der Waals surface area contributed by atoms with Gasteiger partial charge in [0.15, 0.2) is 5.58 Å². The molecule has 1 aromatic heterocycles. The molecule has 330 valence electrons. The van der Waals surface area contributed by atoms with Crippen LogP contribution in [0.25, 0.3) is 87.3 Å². The number of fused-ring (bicyclic) bond motifs is 10. The van der Waals surface area contributed by atoms with E-state index in [1.54, 1.807) is 0 Å². The van der Waals surface area contributed by atoms with Crippen molar-refractivity contribution in [2.75, 3.05) is 9.80 Å². The van der Waals surface area contributed by atoms with Gasteiger partial charge in [0.2, 0.25) is 0 Å². The van der Waals surface area contributed by atoms with Crippen LogP contribution in [-0.4, -0.2) is 8.07 Å². The van der Waals surface area contributed by atoms with Gasteiger partial charge in [-0.1, -0.05) is 189 Å². The summed E-state index contributed by atoms with van der Waals surface area (Å²) in [5, 5.41) is 15.2. The van der Waals surface area contributed by atoms with Crippen LogP contribution in [0.5, 0.6) is 0 Å². The highest BCUT2D eigenvalue weighted by atomic mass is 28.3. The van der Waals surface area contributed by atoms with Crippen LogP contribution < -0.4 is 20.2 Å². The van der Waals surface area contributed by atoms with Crippen molar-refractivity contribution in [3.63, 3.8) is 0 Å². The van der Waals surface area contributed by atoms with E-state index in [-0.39, 0.29) is 0 Å². The Bertz CT molecular complexity index is 4230. The summed E-state index contributed by atoms with van der Waals surface area (Å²) >= 11 is 0. The molecule has 0 radical (unpaired) electrons. The summed E-state index contributed by atoms with van der Waals surface area (Å²) in [5.74, 6) is 0. The minimum Gasteiger partial charge on any atom is -0.454 e. The van der Waals surface area contributed by atoms with Crippen LogP contribution in [0.3, 0.4) is 0 Å². The van der Waals surface area contributed by atoms with Crippen LogP contribution in [0.15, 0.2) is 247 Å². The fourth-order valence-electron chi connectivity index (χ4n) is 11.7. The number of rotatable bonds is 7. The average molecular weight is 911 g/mol. The molecule has 0 spiro atoms. The Kier molecular flexibility index (Phi) is 9.04. The predicted molar refractivity (Wildman–Crippen MR) is 301 cm³/mol. The number of furan rings is 1. The van der Waals surface area contributed by atoms with E-state index in [1.807, 2.05) is 0 Å². The first-order chi connectivity index (χ1) is 34.5. The van der Waals surface area contributed by atoms with Gasteiger partial charge >= 0.3 is 0 Å². The molecule has 0 fully saturated rings. The highest BCUT2D eigenvalue weighted by Crippen LogP contribution is 2.49. The third-order valence-electron chi connectivity index (χ3n) is 15.0. The molecule has 14 rings (SSSR count). The van der Waals surface area contributed by atoms with Crippen molar-refractivity contribution < 1.29 is 4.42 Å². The fraction of sp³-hybridized carbons (Fsp3) is 0.0303. The Hall–Kier alpha value is -8.70. The van der Waals surface area contributed by atoms with Gasteiger partial charge in [0, 0.05) is 38.8 Å². The molecule has 1 aliphatic rings. The van der Waals surface area contributed by atoms with Crippen LogP contribution in [-0.2, 0) is 0 Å². The molecule has 0 amide bonds. The number of nitrogens with zero attached hydrogens (tertiary/aromatic N) is 2. The van der Waals surface area contributed by atoms with Gasteiger partial charge in [-0.15, -0.1) is 0 Å². The molecule has 12 aromatic carbocycles. The van der Waals surface area contributed by atoms with Crippen LogP contribution in [0, 0.1) is 0 Å². The molecule has 0 atom stereocenters. The van der Waals surface area contributed by atoms with Crippen LogP contribution in [0.2, 0.25) is 13.1 Å². The molecule has 0 unspecified atom stereocenters. The van der Waals surface area contributed by atoms with Crippen LogP contribution in [0.1, 0.15) is 0 Å². The zero-order valence-corrected chi connectivity index (χ0v) is 39.9. The number of benzene rings is 12. The monoisotopic (exact) mass is 910 g/mol. The second-order valence-corrected chi connectivity index (χ2v) is 23.5. The maximum absolute atomic E-state index is 6.82. The maximum atomic E-state index is 6.82. The molecule has 0 saturated heterocycles. The van der Waals surface area contributed by atoms with E-state index in [2.05, 4.69) is 266 Å². The Morgan fingerprint density at radius 1 is 0.329 bits per heavy atom. The number of anilines is 6. The largest absolute Gasteiger partial charge is 0.454 e. The van der Waals surface area contributed by atoms with Gasteiger partial charge in [0.05, 0.1) is 17.1 Å². The third-order valence-corrected chi connectivity index (χ3v) is 18.5. The molecular formula is C66H46N2OSi. The maximum Gasteiger partial charge on any atom is 0.159 e. The van der Waals surface area contributed by atoms with E-state index in [4.69, 9.17) is 4.42 Å². The summed E-state index contributed by atoms with van der Waals surface area (Å²) in [7, 11) is -2.37. The normalized spacial score (nSPS) is 12.8. The minimum absolute atomic E-state index is 0.875. The first-order valence-electron chi connectivity index (χ1n) is 24.2. The lowest BCUT2D eigenvalue weighted by molar-refractivity contribution is 0.669.